The van der Waals surface area contributed by atoms with E-state index in [2.05, 4.69) is 0 Å². The highest BCUT2D eigenvalue weighted by atomic mass is 32.2. The van der Waals surface area contributed by atoms with Crippen LogP contribution in [0.15, 0.2) is 30.3 Å². The van der Waals surface area contributed by atoms with Gasteiger partial charge in [-0.2, -0.15) is 12.7 Å². The van der Waals surface area contributed by atoms with Crippen LogP contribution in [0.1, 0.15) is 43.8 Å². The van der Waals surface area contributed by atoms with E-state index in [9.17, 15) is 13.0 Å². The molecule has 1 saturated heterocycles. The van der Waals surface area contributed by atoms with Crippen molar-refractivity contribution in [1.29, 1.82) is 0 Å². The van der Waals surface area contributed by atoms with Gasteiger partial charge in [0, 0.05) is 19.9 Å². The molecule has 1 heterocycles. The number of hydrogen-bond donors (Lipinski definition) is 1. The van der Waals surface area contributed by atoms with Crippen LogP contribution in [0.5, 0.6) is 0 Å². The van der Waals surface area contributed by atoms with Gasteiger partial charge in [0.05, 0.1) is 0 Å². The van der Waals surface area contributed by atoms with Crippen LogP contribution in [0.3, 0.4) is 0 Å². The predicted molar refractivity (Wildman–Crippen MR) is 80.3 cm³/mol. The van der Waals surface area contributed by atoms with Crippen molar-refractivity contribution in [3.8, 4) is 0 Å². The first kappa shape index (κ1) is 15.9. The molecule has 7 heteroatoms. The van der Waals surface area contributed by atoms with Crippen LogP contribution < -0.4 is 0 Å². The summed E-state index contributed by atoms with van der Waals surface area (Å²) in [5.41, 5.74) is 0.838. The number of nitrogens with zero attached hydrogens (tertiary/aromatic N) is 1. The fourth-order valence-corrected chi connectivity index (χ4v) is 3.61. The van der Waals surface area contributed by atoms with Crippen molar-refractivity contribution < 1.29 is 22.4 Å². The molecule has 1 aromatic rings. The van der Waals surface area contributed by atoms with Crippen LogP contribution in [0.25, 0.3) is 0 Å². The Morgan fingerprint density at radius 1 is 1.14 bits per heavy atom. The second-order valence-electron chi connectivity index (χ2n) is 5.92. The van der Waals surface area contributed by atoms with Crippen LogP contribution in [-0.2, 0) is 19.8 Å². The zero-order chi connectivity index (χ0) is 15.8. The molecule has 2 atom stereocenters. The first-order valence-electron chi connectivity index (χ1n) is 7.52. The molecule has 1 spiro atoms. The van der Waals surface area contributed by atoms with Gasteiger partial charge in [0.15, 0.2) is 12.0 Å². The number of benzene rings is 1. The lowest BCUT2D eigenvalue weighted by atomic mass is 9.94. The van der Waals surface area contributed by atoms with Crippen molar-refractivity contribution in [2.75, 3.05) is 7.05 Å². The highest BCUT2D eigenvalue weighted by Crippen LogP contribution is 2.46. The van der Waals surface area contributed by atoms with Crippen LogP contribution in [0.2, 0.25) is 0 Å². The number of hydrogen-bond acceptors (Lipinski definition) is 4. The quantitative estimate of drug-likeness (QED) is 0.863. The van der Waals surface area contributed by atoms with Crippen molar-refractivity contribution in [2.45, 2.75) is 50.2 Å². The van der Waals surface area contributed by atoms with Crippen LogP contribution in [0.4, 0.5) is 0 Å². The molecule has 0 aromatic heterocycles. The Morgan fingerprint density at radius 2 is 1.77 bits per heavy atom. The molecule has 3 rings (SSSR count). The number of rotatable bonds is 3. The Hall–Kier alpha value is -0.990. The minimum absolute atomic E-state index is 0.550. The normalized spacial score (nSPS) is 28.3. The Morgan fingerprint density at radius 3 is 2.36 bits per heavy atom. The molecule has 22 heavy (non-hydrogen) atoms. The van der Waals surface area contributed by atoms with Gasteiger partial charge in [-0.15, -0.1) is 0 Å². The van der Waals surface area contributed by atoms with E-state index in [0.29, 0.717) is 0 Å². The second-order valence-corrected chi connectivity index (χ2v) is 7.39. The molecule has 1 saturated carbocycles. The standard InChI is InChI=1S/C15H21NO5S/c1-16(22(17,18)19)14-13(12-8-4-2-5-9-12)20-15(21-14)10-6-3-7-11-15/h2,4-5,8-9,13-14H,3,6-7,10-11H2,1H3,(H,17,18,19). The molecule has 6 nitrogen and oxygen atoms in total. The Labute approximate surface area is 130 Å². The summed E-state index contributed by atoms with van der Waals surface area (Å²) >= 11 is 0. The van der Waals surface area contributed by atoms with Gasteiger partial charge in [-0.05, 0) is 18.4 Å². The van der Waals surface area contributed by atoms with Crippen molar-refractivity contribution in [3.05, 3.63) is 35.9 Å². The highest BCUT2D eigenvalue weighted by molar-refractivity contribution is 7.83. The van der Waals surface area contributed by atoms with Gasteiger partial charge in [0.25, 0.3) is 0 Å². The van der Waals surface area contributed by atoms with E-state index in [-0.39, 0.29) is 0 Å². The minimum Gasteiger partial charge on any atom is -0.338 e. The Balaban J connectivity index is 1.93. The van der Waals surface area contributed by atoms with E-state index in [1.54, 1.807) is 0 Å². The van der Waals surface area contributed by atoms with Gasteiger partial charge in [0.2, 0.25) is 0 Å². The summed E-state index contributed by atoms with van der Waals surface area (Å²) < 4.78 is 45.4. The molecular formula is C15H21NO5S. The summed E-state index contributed by atoms with van der Waals surface area (Å²) in [5.74, 6) is -0.748. The SMILES string of the molecule is CN(C1OC2(CCCCC2)OC1c1ccccc1)S(=O)(=O)O. The monoisotopic (exact) mass is 327 g/mol. The molecule has 0 bridgehead atoms. The molecule has 1 aliphatic heterocycles. The third-order valence-corrected chi connectivity index (χ3v) is 5.34. The molecule has 1 N–H and O–H groups in total. The van der Waals surface area contributed by atoms with Gasteiger partial charge in [-0.3, -0.25) is 4.55 Å². The molecule has 122 valence electrons. The summed E-state index contributed by atoms with van der Waals surface area (Å²) in [6.45, 7) is 0. The molecule has 2 fully saturated rings. The first-order valence-corrected chi connectivity index (χ1v) is 8.92. The predicted octanol–water partition coefficient (Wildman–Crippen LogP) is 2.50. The van der Waals surface area contributed by atoms with E-state index in [4.69, 9.17) is 9.47 Å². The Kier molecular flexibility index (Phi) is 4.26. The fourth-order valence-electron chi connectivity index (χ4n) is 3.20. The summed E-state index contributed by atoms with van der Waals surface area (Å²) in [5, 5.41) is 0. The molecule has 0 amide bonds. The van der Waals surface area contributed by atoms with Crippen molar-refractivity contribution in [1.82, 2.24) is 4.31 Å². The zero-order valence-electron chi connectivity index (χ0n) is 12.5. The van der Waals surface area contributed by atoms with E-state index < -0.39 is 28.4 Å². The Bertz CT molecular complexity index is 612. The van der Waals surface area contributed by atoms with Crippen LogP contribution in [-0.4, -0.2) is 36.3 Å². The van der Waals surface area contributed by atoms with E-state index in [0.717, 1.165) is 42.0 Å². The third-order valence-electron chi connectivity index (χ3n) is 4.40. The molecule has 1 aliphatic carbocycles. The number of likely N-dealkylation sites (N-methyl/N-ethyl adjacent to an activating group) is 1. The molecule has 2 aliphatic rings. The number of ether oxygens (including phenoxy) is 2. The van der Waals surface area contributed by atoms with Crippen molar-refractivity contribution >= 4 is 10.3 Å². The molecule has 2 unspecified atom stereocenters. The van der Waals surface area contributed by atoms with Crippen LogP contribution in [0, 0.1) is 0 Å². The fraction of sp³-hybridized carbons (Fsp3) is 0.600. The van der Waals surface area contributed by atoms with Crippen LogP contribution >= 0.6 is 0 Å². The summed E-state index contributed by atoms with van der Waals surface area (Å²) in [6, 6.07) is 9.38. The van der Waals surface area contributed by atoms with Gasteiger partial charge < -0.3 is 9.47 Å². The average molecular weight is 327 g/mol. The third kappa shape index (κ3) is 3.04. The van der Waals surface area contributed by atoms with Gasteiger partial charge in [-0.1, -0.05) is 36.8 Å². The smallest absolute Gasteiger partial charge is 0.337 e. The highest BCUT2D eigenvalue weighted by Gasteiger charge is 2.51. The van der Waals surface area contributed by atoms with Gasteiger partial charge >= 0.3 is 10.3 Å². The van der Waals surface area contributed by atoms with Crippen molar-refractivity contribution in [2.24, 2.45) is 0 Å². The average Bonchev–Trinajstić information content (AvgIpc) is 2.86. The summed E-state index contributed by atoms with van der Waals surface area (Å²) in [6.07, 6.45) is 3.18. The van der Waals surface area contributed by atoms with Gasteiger partial charge in [-0.25, -0.2) is 0 Å². The maximum atomic E-state index is 11.5. The first-order chi connectivity index (χ1) is 10.4. The summed E-state index contributed by atoms with van der Waals surface area (Å²) in [7, 11) is -3.05. The lowest BCUT2D eigenvalue weighted by Crippen LogP contribution is -2.41. The van der Waals surface area contributed by atoms with Crippen molar-refractivity contribution in [3.63, 3.8) is 0 Å². The molecular weight excluding hydrogens is 306 g/mol. The summed E-state index contributed by atoms with van der Waals surface area (Å²) in [4.78, 5) is 0. The topological polar surface area (TPSA) is 76.1 Å². The molecule has 0 radical (unpaired) electrons. The molecule has 1 aromatic carbocycles. The van der Waals surface area contributed by atoms with E-state index in [1.807, 2.05) is 30.3 Å². The lowest BCUT2D eigenvalue weighted by Gasteiger charge is -2.32. The largest absolute Gasteiger partial charge is 0.338 e. The second kappa shape index (κ2) is 5.90. The van der Waals surface area contributed by atoms with Gasteiger partial charge in [0.1, 0.15) is 6.10 Å². The van der Waals surface area contributed by atoms with E-state index >= 15 is 0 Å². The minimum atomic E-state index is -4.35. The zero-order valence-corrected chi connectivity index (χ0v) is 13.3. The van der Waals surface area contributed by atoms with E-state index in [1.165, 1.54) is 7.05 Å². The maximum Gasteiger partial charge on any atom is 0.337 e. The maximum absolute atomic E-state index is 11.5. The lowest BCUT2D eigenvalue weighted by molar-refractivity contribution is -0.200.